The molecule has 0 atom stereocenters. The van der Waals surface area contributed by atoms with Crippen LogP contribution < -0.4 is 10.1 Å². The molecule has 0 spiro atoms. The number of furan rings is 1. The maximum Gasteiger partial charge on any atom is 0.379 e. The first-order valence-corrected chi connectivity index (χ1v) is 7.42. The number of hydrogen-bond acceptors (Lipinski definition) is 4. The lowest BCUT2D eigenvalue weighted by Crippen LogP contribution is -2.12. The van der Waals surface area contributed by atoms with Crippen molar-refractivity contribution in [3.05, 3.63) is 83.3 Å². The van der Waals surface area contributed by atoms with Crippen LogP contribution in [0.3, 0.4) is 0 Å². The number of hydrogen-bond donors (Lipinski definition) is 1. The first-order valence-electron chi connectivity index (χ1n) is 7.04. The summed E-state index contributed by atoms with van der Waals surface area (Å²) < 4.78 is 10.1. The van der Waals surface area contributed by atoms with Crippen LogP contribution in [0.4, 0.5) is 5.69 Å². The zero-order chi connectivity index (χ0) is 16.9. The van der Waals surface area contributed by atoms with Crippen LogP contribution in [-0.2, 0) is 0 Å². The van der Waals surface area contributed by atoms with E-state index in [0.717, 1.165) is 0 Å². The lowest BCUT2D eigenvalue weighted by molar-refractivity contribution is 0.0701. The number of amides is 1. The molecule has 3 aromatic rings. The Kier molecular flexibility index (Phi) is 4.63. The summed E-state index contributed by atoms with van der Waals surface area (Å²) in [5, 5.41) is 3.34. The Bertz CT molecular complexity index is 840. The molecule has 1 amide bonds. The Morgan fingerprint density at radius 1 is 0.958 bits per heavy atom. The lowest BCUT2D eigenvalue weighted by Gasteiger charge is -2.06. The SMILES string of the molecule is O=C(Nc1ccc(Cl)cc1)c1ccc(OC(=O)c2ccco2)cc1. The number of carbonyl (C=O) groups is 2. The number of anilines is 1. The van der Waals surface area contributed by atoms with Gasteiger partial charge in [-0.25, -0.2) is 4.79 Å². The van der Waals surface area contributed by atoms with Crippen molar-refractivity contribution in [1.29, 1.82) is 0 Å². The fourth-order valence-electron chi connectivity index (χ4n) is 1.96. The van der Waals surface area contributed by atoms with E-state index in [-0.39, 0.29) is 11.7 Å². The van der Waals surface area contributed by atoms with E-state index in [1.54, 1.807) is 42.5 Å². The number of rotatable bonds is 4. The van der Waals surface area contributed by atoms with Gasteiger partial charge in [-0.1, -0.05) is 11.6 Å². The summed E-state index contributed by atoms with van der Waals surface area (Å²) in [5.41, 5.74) is 1.07. The summed E-state index contributed by atoms with van der Waals surface area (Å²) in [6, 6.07) is 16.1. The van der Waals surface area contributed by atoms with Gasteiger partial charge in [0.1, 0.15) is 5.75 Å². The van der Waals surface area contributed by atoms with Gasteiger partial charge in [0.25, 0.3) is 5.91 Å². The van der Waals surface area contributed by atoms with Crippen LogP contribution in [0.1, 0.15) is 20.9 Å². The third kappa shape index (κ3) is 3.83. The quantitative estimate of drug-likeness (QED) is 0.564. The Morgan fingerprint density at radius 3 is 2.29 bits per heavy atom. The zero-order valence-electron chi connectivity index (χ0n) is 12.4. The highest BCUT2D eigenvalue weighted by Gasteiger charge is 2.12. The molecule has 0 fully saturated rings. The van der Waals surface area contributed by atoms with Crippen molar-refractivity contribution in [1.82, 2.24) is 0 Å². The Labute approximate surface area is 142 Å². The molecule has 1 aromatic heterocycles. The van der Waals surface area contributed by atoms with Crippen molar-refractivity contribution in [2.75, 3.05) is 5.32 Å². The van der Waals surface area contributed by atoms with Gasteiger partial charge in [0.15, 0.2) is 0 Å². The van der Waals surface area contributed by atoms with Gasteiger partial charge in [-0.2, -0.15) is 0 Å². The Morgan fingerprint density at radius 2 is 1.67 bits per heavy atom. The lowest BCUT2D eigenvalue weighted by atomic mass is 10.2. The molecule has 0 aliphatic rings. The fraction of sp³-hybridized carbons (Fsp3) is 0. The summed E-state index contributed by atoms with van der Waals surface area (Å²) in [6.45, 7) is 0. The molecule has 24 heavy (non-hydrogen) atoms. The van der Waals surface area contributed by atoms with Crippen LogP contribution in [-0.4, -0.2) is 11.9 Å². The van der Waals surface area contributed by atoms with E-state index >= 15 is 0 Å². The average Bonchev–Trinajstić information content (AvgIpc) is 3.12. The summed E-state index contributed by atoms with van der Waals surface area (Å²) in [6.07, 6.45) is 1.39. The number of halogens is 1. The molecule has 0 unspecified atom stereocenters. The third-order valence-electron chi connectivity index (χ3n) is 3.15. The van der Waals surface area contributed by atoms with Crippen LogP contribution in [0, 0.1) is 0 Å². The van der Waals surface area contributed by atoms with Crippen molar-refractivity contribution >= 4 is 29.2 Å². The second-order valence-electron chi connectivity index (χ2n) is 4.85. The second-order valence-corrected chi connectivity index (χ2v) is 5.29. The molecule has 0 aliphatic carbocycles. The van der Waals surface area contributed by atoms with Crippen molar-refractivity contribution < 1.29 is 18.7 Å². The van der Waals surface area contributed by atoms with Crippen molar-refractivity contribution in [2.45, 2.75) is 0 Å². The fourth-order valence-corrected chi connectivity index (χ4v) is 2.09. The van der Waals surface area contributed by atoms with E-state index in [1.807, 2.05) is 0 Å². The molecule has 120 valence electrons. The molecule has 0 bridgehead atoms. The van der Waals surface area contributed by atoms with Gasteiger partial charge in [0.2, 0.25) is 5.76 Å². The summed E-state index contributed by atoms with van der Waals surface area (Å²) in [5.74, 6) is -0.446. The molecule has 5 nitrogen and oxygen atoms in total. The predicted octanol–water partition coefficient (Wildman–Crippen LogP) is 4.40. The molecule has 2 aromatic carbocycles. The molecule has 0 saturated heterocycles. The van der Waals surface area contributed by atoms with Crippen LogP contribution in [0.25, 0.3) is 0 Å². The van der Waals surface area contributed by atoms with E-state index in [0.29, 0.717) is 22.0 Å². The van der Waals surface area contributed by atoms with Crippen molar-refractivity contribution in [2.24, 2.45) is 0 Å². The molecule has 1 N–H and O–H groups in total. The predicted molar refractivity (Wildman–Crippen MR) is 89.5 cm³/mol. The van der Waals surface area contributed by atoms with Gasteiger partial charge in [-0.15, -0.1) is 0 Å². The van der Waals surface area contributed by atoms with E-state index in [1.165, 1.54) is 24.5 Å². The van der Waals surface area contributed by atoms with Gasteiger partial charge >= 0.3 is 5.97 Å². The number of ether oxygens (including phenoxy) is 1. The second kappa shape index (κ2) is 7.02. The molecule has 1 heterocycles. The van der Waals surface area contributed by atoms with Crippen molar-refractivity contribution in [3.63, 3.8) is 0 Å². The molecule has 6 heteroatoms. The monoisotopic (exact) mass is 341 g/mol. The van der Waals surface area contributed by atoms with Gasteiger partial charge < -0.3 is 14.5 Å². The maximum atomic E-state index is 12.2. The number of esters is 1. The molecule has 0 saturated carbocycles. The highest BCUT2D eigenvalue weighted by Crippen LogP contribution is 2.17. The molecular formula is C18H12ClNO4. The minimum atomic E-state index is -0.599. The zero-order valence-corrected chi connectivity index (χ0v) is 13.1. The normalized spacial score (nSPS) is 10.2. The van der Waals surface area contributed by atoms with E-state index in [4.69, 9.17) is 20.8 Å². The van der Waals surface area contributed by atoms with Crippen LogP contribution >= 0.6 is 11.6 Å². The minimum absolute atomic E-state index is 0.111. The van der Waals surface area contributed by atoms with Crippen LogP contribution in [0.2, 0.25) is 5.02 Å². The van der Waals surface area contributed by atoms with Crippen molar-refractivity contribution in [3.8, 4) is 5.75 Å². The number of carbonyl (C=O) groups excluding carboxylic acids is 2. The van der Waals surface area contributed by atoms with Gasteiger partial charge in [-0.3, -0.25) is 4.79 Å². The molecular weight excluding hydrogens is 330 g/mol. The largest absolute Gasteiger partial charge is 0.457 e. The standard InChI is InChI=1S/C18H12ClNO4/c19-13-5-7-14(8-6-13)20-17(21)12-3-9-15(10-4-12)24-18(22)16-2-1-11-23-16/h1-11H,(H,20,21). The topological polar surface area (TPSA) is 68.5 Å². The molecule has 0 aliphatic heterocycles. The summed E-state index contributed by atoms with van der Waals surface area (Å²) in [7, 11) is 0. The smallest absolute Gasteiger partial charge is 0.379 e. The number of nitrogens with one attached hydrogen (secondary N) is 1. The number of benzene rings is 2. The minimum Gasteiger partial charge on any atom is -0.457 e. The van der Waals surface area contributed by atoms with Crippen LogP contribution in [0.5, 0.6) is 5.75 Å². The molecule has 0 radical (unpaired) electrons. The third-order valence-corrected chi connectivity index (χ3v) is 3.40. The van der Waals surface area contributed by atoms with Gasteiger partial charge in [0, 0.05) is 16.3 Å². The van der Waals surface area contributed by atoms with E-state index in [2.05, 4.69) is 5.32 Å². The average molecular weight is 342 g/mol. The maximum absolute atomic E-state index is 12.2. The van der Waals surface area contributed by atoms with Crippen LogP contribution in [0.15, 0.2) is 71.3 Å². The van der Waals surface area contributed by atoms with E-state index in [9.17, 15) is 9.59 Å². The summed E-state index contributed by atoms with van der Waals surface area (Å²) in [4.78, 5) is 23.9. The first-order chi connectivity index (χ1) is 11.6. The summed E-state index contributed by atoms with van der Waals surface area (Å²) >= 11 is 5.80. The highest BCUT2D eigenvalue weighted by atomic mass is 35.5. The molecule has 3 rings (SSSR count). The van der Waals surface area contributed by atoms with Gasteiger partial charge in [0.05, 0.1) is 6.26 Å². The first kappa shape index (κ1) is 15.8. The van der Waals surface area contributed by atoms with Gasteiger partial charge in [-0.05, 0) is 60.7 Å². The Balaban J connectivity index is 1.64. The Hall–Kier alpha value is -3.05. The highest BCUT2D eigenvalue weighted by molar-refractivity contribution is 6.30. The van der Waals surface area contributed by atoms with E-state index < -0.39 is 5.97 Å².